The van der Waals surface area contributed by atoms with Crippen molar-refractivity contribution in [3.8, 4) is 11.5 Å². The van der Waals surface area contributed by atoms with Crippen LogP contribution in [-0.2, 0) is 21.4 Å². The molecule has 2 saturated heterocycles. The highest BCUT2D eigenvalue weighted by Gasteiger charge is 2.41. The molecule has 148 valence electrons. The van der Waals surface area contributed by atoms with E-state index in [2.05, 4.69) is 15.5 Å². The highest BCUT2D eigenvalue weighted by Crippen LogP contribution is 2.32. The minimum absolute atomic E-state index is 0.104. The second kappa shape index (κ2) is 7.24. The fourth-order valence-electron chi connectivity index (χ4n) is 3.45. The lowest BCUT2D eigenvalue weighted by atomic mass is 10.2. The molecule has 3 heterocycles. The fourth-order valence-corrected chi connectivity index (χ4v) is 5.13. The van der Waals surface area contributed by atoms with Crippen molar-refractivity contribution in [3.05, 3.63) is 23.8 Å². The van der Waals surface area contributed by atoms with E-state index in [1.807, 2.05) is 18.2 Å². The molecule has 0 saturated carbocycles. The minimum Gasteiger partial charge on any atom is -0.454 e. The van der Waals surface area contributed by atoms with Crippen LogP contribution in [0.3, 0.4) is 0 Å². The van der Waals surface area contributed by atoms with Crippen LogP contribution >= 0.6 is 0 Å². The second-order valence-corrected chi connectivity index (χ2v) is 8.83. The van der Waals surface area contributed by atoms with Gasteiger partial charge >= 0.3 is 0 Å². The number of sulfonamides is 1. The third-order valence-electron chi connectivity index (χ3n) is 4.96. The summed E-state index contributed by atoms with van der Waals surface area (Å²) in [5, 5.41) is 12.9. The van der Waals surface area contributed by atoms with Crippen LogP contribution < -0.4 is 20.1 Å². The zero-order valence-corrected chi connectivity index (χ0v) is 15.4. The number of hydrogen-bond donors (Lipinski definition) is 3. The Hall–Kier alpha value is -1.92. The molecule has 0 spiro atoms. The average molecular weight is 398 g/mol. The van der Waals surface area contributed by atoms with Gasteiger partial charge in [0.05, 0.1) is 0 Å². The normalized spacial score (nSPS) is 26.8. The van der Waals surface area contributed by atoms with E-state index in [0.29, 0.717) is 32.7 Å². The van der Waals surface area contributed by atoms with Gasteiger partial charge in [-0.15, -0.1) is 0 Å². The van der Waals surface area contributed by atoms with Crippen LogP contribution in [0, 0.1) is 0 Å². The number of ether oxygens (including phenoxy) is 2. The molecule has 1 aromatic carbocycles. The molecule has 3 N–H and O–H groups in total. The van der Waals surface area contributed by atoms with Crippen molar-refractivity contribution < 1.29 is 27.8 Å². The Morgan fingerprint density at radius 3 is 2.63 bits per heavy atom. The maximum absolute atomic E-state index is 12.7. The topological polar surface area (TPSA) is 120 Å². The van der Waals surface area contributed by atoms with Crippen molar-refractivity contribution in [2.45, 2.75) is 18.1 Å². The maximum atomic E-state index is 12.7. The first kappa shape index (κ1) is 18.4. The summed E-state index contributed by atoms with van der Waals surface area (Å²) < 4.78 is 37.5. The molecule has 10 nitrogen and oxygen atoms in total. The average Bonchev–Trinajstić information content (AvgIpc) is 3.09. The molecule has 2 fully saturated rings. The Morgan fingerprint density at radius 1 is 1.15 bits per heavy atom. The molecule has 0 aliphatic carbocycles. The molecule has 2 atom stereocenters. The van der Waals surface area contributed by atoms with E-state index in [1.165, 1.54) is 4.31 Å². The molecular weight excluding hydrogens is 376 g/mol. The maximum Gasteiger partial charge on any atom is 0.244 e. The highest BCUT2D eigenvalue weighted by molar-refractivity contribution is 7.90. The van der Waals surface area contributed by atoms with E-state index in [9.17, 15) is 18.3 Å². The highest BCUT2D eigenvalue weighted by atomic mass is 32.2. The van der Waals surface area contributed by atoms with E-state index in [-0.39, 0.29) is 13.3 Å². The van der Waals surface area contributed by atoms with Crippen molar-refractivity contribution in [1.29, 1.82) is 0 Å². The number of carbonyl (C=O) groups excluding carboxylic acids is 1. The molecular formula is C16H22N4O6S. The van der Waals surface area contributed by atoms with Crippen molar-refractivity contribution in [1.82, 2.24) is 19.8 Å². The Kier molecular flexibility index (Phi) is 4.95. The molecule has 1 amide bonds. The first-order valence-electron chi connectivity index (χ1n) is 8.75. The van der Waals surface area contributed by atoms with Gasteiger partial charge in [0.15, 0.2) is 23.1 Å². The van der Waals surface area contributed by atoms with E-state index in [1.54, 1.807) is 0 Å². The third-order valence-corrected chi connectivity index (χ3v) is 7.15. The summed E-state index contributed by atoms with van der Waals surface area (Å²) >= 11 is 0. The summed E-state index contributed by atoms with van der Waals surface area (Å²) in [7, 11) is -3.78. The van der Waals surface area contributed by atoms with Gasteiger partial charge in [0.25, 0.3) is 0 Å². The molecule has 0 bridgehead atoms. The number of rotatable bonds is 4. The summed E-state index contributed by atoms with van der Waals surface area (Å²) in [6, 6.07) is 5.79. The summed E-state index contributed by atoms with van der Waals surface area (Å²) in [6.45, 7) is 2.58. The van der Waals surface area contributed by atoms with Gasteiger partial charge in [-0.2, -0.15) is 4.31 Å². The molecule has 3 aliphatic rings. The molecule has 2 unspecified atom stereocenters. The van der Waals surface area contributed by atoms with Crippen molar-refractivity contribution in [2.24, 2.45) is 0 Å². The van der Waals surface area contributed by atoms with E-state index in [4.69, 9.17) is 9.47 Å². The van der Waals surface area contributed by atoms with Crippen LogP contribution in [0.2, 0.25) is 0 Å². The number of carbonyl (C=O) groups is 1. The zero-order chi connectivity index (χ0) is 19.0. The molecule has 0 aromatic heterocycles. The molecule has 4 rings (SSSR count). The van der Waals surface area contributed by atoms with E-state index >= 15 is 0 Å². The first-order chi connectivity index (χ1) is 12.9. The van der Waals surface area contributed by atoms with Crippen molar-refractivity contribution in [2.75, 3.05) is 39.5 Å². The van der Waals surface area contributed by atoms with Crippen LogP contribution in [0.25, 0.3) is 0 Å². The number of aliphatic hydroxyl groups excluding tert-OH is 1. The summed E-state index contributed by atoms with van der Waals surface area (Å²) in [5.74, 6) is 0.787. The quantitative estimate of drug-likeness (QED) is 0.545. The predicted octanol–water partition coefficient (Wildman–Crippen LogP) is -1.77. The van der Waals surface area contributed by atoms with Gasteiger partial charge in [-0.05, 0) is 17.7 Å². The smallest absolute Gasteiger partial charge is 0.244 e. The number of hydrogen-bond acceptors (Lipinski definition) is 8. The largest absolute Gasteiger partial charge is 0.454 e. The molecule has 0 radical (unpaired) electrons. The second-order valence-electron chi connectivity index (χ2n) is 6.72. The van der Waals surface area contributed by atoms with Gasteiger partial charge in [0, 0.05) is 39.3 Å². The standard InChI is InChI=1S/C16H22N4O6S/c21-15-14(8-17-16(22)18-15)27(23,24)20-5-3-19(4-6-20)9-11-1-2-12-13(7-11)26-10-25-12/h1-2,7,14,16-17,22H,3-6,8-10H2,(H,18,21). The fraction of sp³-hybridized carbons (Fsp3) is 0.562. The van der Waals surface area contributed by atoms with Crippen LogP contribution in [0.5, 0.6) is 11.5 Å². The van der Waals surface area contributed by atoms with Gasteiger partial charge < -0.3 is 19.9 Å². The Bertz CT molecular complexity index is 824. The lowest BCUT2D eigenvalue weighted by Crippen LogP contribution is -2.63. The molecule has 3 aliphatic heterocycles. The van der Waals surface area contributed by atoms with Crippen LogP contribution in [0.1, 0.15) is 5.56 Å². The summed E-state index contributed by atoms with van der Waals surface area (Å²) in [4.78, 5) is 14.1. The minimum atomic E-state index is -3.78. The summed E-state index contributed by atoms with van der Waals surface area (Å²) in [5.41, 5.74) is 1.07. The first-order valence-corrected chi connectivity index (χ1v) is 10.3. The van der Waals surface area contributed by atoms with E-state index < -0.39 is 27.5 Å². The zero-order valence-electron chi connectivity index (χ0n) is 14.6. The molecule has 11 heteroatoms. The van der Waals surface area contributed by atoms with Crippen molar-refractivity contribution in [3.63, 3.8) is 0 Å². The van der Waals surface area contributed by atoms with Crippen molar-refractivity contribution >= 4 is 15.9 Å². The van der Waals surface area contributed by atoms with Gasteiger partial charge in [-0.25, -0.2) is 8.42 Å². The predicted molar refractivity (Wildman–Crippen MR) is 94.3 cm³/mol. The number of nitrogens with one attached hydrogen (secondary N) is 2. The van der Waals surface area contributed by atoms with Crippen LogP contribution in [0.4, 0.5) is 0 Å². The SMILES string of the molecule is O=C1NC(O)NCC1S(=O)(=O)N1CCN(Cc2ccc3c(c2)OCO3)CC1. The van der Waals surface area contributed by atoms with Gasteiger partial charge in [0.2, 0.25) is 22.7 Å². The van der Waals surface area contributed by atoms with Crippen LogP contribution in [0.15, 0.2) is 18.2 Å². The lowest BCUT2D eigenvalue weighted by Gasteiger charge is -2.37. The van der Waals surface area contributed by atoms with Gasteiger partial charge in [-0.1, -0.05) is 6.07 Å². The molecule has 27 heavy (non-hydrogen) atoms. The van der Waals surface area contributed by atoms with Gasteiger partial charge in [-0.3, -0.25) is 15.0 Å². The van der Waals surface area contributed by atoms with E-state index in [0.717, 1.165) is 17.1 Å². The number of amides is 1. The number of nitrogens with zero attached hydrogens (tertiary/aromatic N) is 2. The monoisotopic (exact) mass is 398 g/mol. The third kappa shape index (κ3) is 3.73. The Morgan fingerprint density at radius 2 is 1.89 bits per heavy atom. The molecule has 1 aromatic rings. The number of aliphatic hydroxyl groups is 1. The van der Waals surface area contributed by atoms with Gasteiger partial charge in [0.1, 0.15) is 0 Å². The number of benzene rings is 1. The number of piperazine rings is 1. The van der Waals surface area contributed by atoms with Crippen LogP contribution in [-0.4, -0.2) is 79.8 Å². The summed E-state index contributed by atoms with van der Waals surface area (Å²) in [6.07, 6.45) is -1.21. The Labute approximate surface area is 157 Å². The lowest BCUT2D eigenvalue weighted by molar-refractivity contribution is -0.126. The number of fused-ring (bicyclic) bond motifs is 1. The Balaban J connectivity index is 1.35.